The summed E-state index contributed by atoms with van der Waals surface area (Å²) in [6.45, 7) is 3.57. The molecule has 2 heterocycles. The van der Waals surface area contributed by atoms with Crippen LogP contribution in [0.5, 0.6) is 17.2 Å². The molecule has 1 aliphatic heterocycles. The highest BCUT2D eigenvalue weighted by atomic mass is 79.9. The first-order valence-electron chi connectivity index (χ1n) is 13.2. The third-order valence-electron chi connectivity index (χ3n) is 6.65. The molecule has 1 aromatic heterocycles. The van der Waals surface area contributed by atoms with E-state index in [2.05, 4.69) is 31.2 Å². The minimum absolute atomic E-state index is 0.0714. The van der Waals surface area contributed by atoms with Crippen LogP contribution in [0, 0.1) is 0 Å². The molecular formula is C31H27BrN4O6S. The van der Waals surface area contributed by atoms with Gasteiger partial charge in [-0.2, -0.15) is 10.2 Å². The molecule has 1 N–H and O–H groups in total. The van der Waals surface area contributed by atoms with E-state index in [4.69, 9.17) is 14.2 Å². The molecule has 0 aliphatic carbocycles. The van der Waals surface area contributed by atoms with E-state index in [1.54, 1.807) is 44.2 Å². The minimum Gasteiger partial charge on any atom is -0.507 e. The number of ether oxygens (including phenoxy) is 3. The van der Waals surface area contributed by atoms with Crippen molar-refractivity contribution in [1.82, 2.24) is 4.57 Å². The number of phenols is 1. The lowest BCUT2D eigenvalue weighted by Gasteiger charge is -2.26. The Morgan fingerprint density at radius 1 is 1.07 bits per heavy atom. The third-order valence-corrected chi connectivity index (χ3v) is 8.32. The van der Waals surface area contributed by atoms with Gasteiger partial charge in [-0.15, -0.1) is 0 Å². The highest BCUT2D eigenvalue weighted by Gasteiger charge is 2.35. The van der Waals surface area contributed by atoms with Gasteiger partial charge in [-0.25, -0.2) is 9.79 Å². The predicted molar refractivity (Wildman–Crippen MR) is 166 cm³/mol. The maximum atomic E-state index is 14.0. The van der Waals surface area contributed by atoms with Crippen molar-refractivity contribution in [3.8, 4) is 17.2 Å². The molecule has 0 saturated carbocycles. The average Bonchev–Trinajstić information content (AvgIpc) is 3.31. The Morgan fingerprint density at radius 3 is 2.44 bits per heavy atom. The zero-order valence-corrected chi connectivity index (χ0v) is 26.1. The first-order chi connectivity index (χ1) is 20.7. The van der Waals surface area contributed by atoms with Gasteiger partial charge in [-0.05, 0) is 61.9 Å². The highest BCUT2D eigenvalue weighted by molar-refractivity contribution is 9.10. The Labute approximate surface area is 259 Å². The molecule has 0 saturated heterocycles. The number of carbonyl (C=O) groups excluding carboxylic acids is 1. The molecule has 3 aromatic carbocycles. The van der Waals surface area contributed by atoms with Gasteiger partial charge in [0.15, 0.2) is 16.3 Å². The Bertz CT molecular complexity index is 1950. The van der Waals surface area contributed by atoms with Crippen LogP contribution in [0.4, 0.5) is 11.4 Å². The second-order valence-corrected chi connectivity index (χ2v) is 11.2. The van der Waals surface area contributed by atoms with E-state index in [-0.39, 0.29) is 17.9 Å². The summed E-state index contributed by atoms with van der Waals surface area (Å²) in [5, 5.41) is 19.1. The number of esters is 1. The Balaban J connectivity index is 1.63. The second-order valence-electron chi connectivity index (χ2n) is 9.31. The lowest BCUT2D eigenvalue weighted by Crippen LogP contribution is -2.40. The van der Waals surface area contributed by atoms with Crippen LogP contribution in [0.2, 0.25) is 0 Å². The number of carbonyl (C=O) groups is 1. The van der Waals surface area contributed by atoms with E-state index in [1.807, 2.05) is 30.3 Å². The average molecular weight is 664 g/mol. The van der Waals surface area contributed by atoms with Gasteiger partial charge in [-0.1, -0.05) is 45.5 Å². The molecule has 43 heavy (non-hydrogen) atoms. The maximum absolute atomic E-state index is 14.0. The second kappa shape index (κ2) is 12.8. The molecule has 1 aliphatic rings. The molecule has 0 amide bonds. The monoisotopic (exact) mass is 662 g/mol. The molecule has 0 unspecified atom stereocenters. The van der Waals surface area contributed by atoms with Gasteiger partial charge in [0.2, 0.25) is 0 Å². The molecule has 0 spiro atoms. The number of thiazole rings is 1. The van der Waals surface area contributed by atoms with Gasteiger partial charge >= 0.3 is 5.97 Å². The summed E-state index contributed by atoms with van der Waals surface area (Å²) in [6, 6.07) is 16.6. The summed E-state index contributed by atoms with van der Waals surface area (Å²) in [5.41, 5.74) is 2.39. The molecule has 0 radical (unpaired) electrons. The van der Waals surface area contributed by atoms with Crippen molar-refractivity contribution in [1.29, 1.82) is 0 Å². The first-order valence-corrected chi connectivity index (χ1v) is 14.8. The highest BCUT2D eigenvalue weighted by Crippen LogP contribution is 2.40. The van der Waals surface area contributed by atoms with Crippen molar-refractivity contribution in [2.75, 3.05) is 20.8 Å². The molecule has 4 aromatic rings. The summed E-state index contributed by atoms with van der Waals surface area (Å²) in [4.78, 5) is 32.2. The molecule has 10 nitrogen and oxygen atoms in total. The molecule has 12 heteroatoms. The van der Waals surface area contributed by atoms with Crippen LogP contribution in [-0.2, 0) is 9.53 Å². The van der Waals surface area contributed by atoms with E-state index in [9.17, 15) is 14.7 Å². The van der Waals surface area contributed by atoms with E-state index in [1.165, 1.54) is 24.9 Å². The number of azo groups is 1. The van der Waals surface area contributed by atoms with Gasteiger partial charge in [0.05, 0.1) is 54.0 Å². The third kappa shape index (κ3) is 6.02. The molecule has 5 rings (SSSR count). The summed E-state index contributed by atoms with van der Waals surface area (Å²) >= 11 is 4.74. The number of hydrogen-bond donors (Lipinski definition) is 1. The van der Waals surface area contributed by atoms with Gasteiger partial charge in [0.1, 0.15) is 5.75 Å². The number of aromatic hydroxyl groups is 1. The van der Waals surface area contributed by atoms with Gasteiger partial charge in [-0.3, -0.25) is 9.36 Å². The normalized spacial score (nSPS) is 14.9. The largest absolute Gasteiger partial charge is 0.507 e. The fourth-order valence-corrected chi connectivity index (χ4v) is 6.21. The van der Waals surface area contributed by atoms with E-state index in [0.29, 0.717) is 53.5 Å². The van der Waals surface area contributed by atoms with Crippen molar-refractivity contribution in [3.63, 3.8) is 0 Å². The number of fused-ring (bicyclic) bond motifs is 1. The maximum Gasteiger partial charge on any atom is 0.338 e. The van der Waals surface area contributed by atoms with Crippen LogP contribution in [0.25, 0.3) is 6.08 Å². The van der Waals surface area contributed by atoms with E-state index in [0.717, 1.165) is 11.3 Å². The van der Waals surface area contributed by atoms with Crippen molar-refractivity contribution in [2.45, 2.75) is 19.9 Å². The van der Waals surface area contributed by atoms with E-state index < -0.39 is 17.6 Å². The zero-order chi connectivity index (χ0) is 30.7. The van der Waals surface area contributed by atoms with Crippen LogP contribution in [-0.4, -0.2) is 36.5 Å². The Hall–Kier alpha value is -4.55. The predicted octanol–water partition coefficient (Wildman–Crippen LogP) is 5.70. The SMILES string of the molecule is CCOC(=O)C1=C(C)N=c2s/c(=C\c3ccc(N=Nc4ccccc4)cc3O)c(=O)n2[C@@H]1c1cc(OC)c(OC)cc1Br. The van der Waals surface area contributed by atoms with Crippen LogP contribution in [0.15, 0.2) is 96.4 Å². The molecule has 220 valence electrons. The first kappa shape index (κ1) is 29.9. The molecule has 1 atom stereocenters. The number of phenolic OH excluding ortho intramolecular Hbond substituents is 1. The summed E-state index contributed by atoms with van der Waals surface area (Å²) < 4.78 is 18.7. The number of benzene rings is 3. The number of halogens is 1. The van der Waals surface area contributed by atoms with Crippen LogP contribution >= 0.6 is 27.3 Å². The number of methoxy groups -OCH3 is 2. The Kier molecular flexibility index (Phi) is 8.88. The van der Waals surface area contributed by atoms with Crippen molar-refractivity contribution in [3.05, 3.63) is 107 Å². The Morgan fingerprint density at radius 2 is 1.77 bits per heavy atom. The summed E-state index contributed by atoms with van der Waals surface area (Å²) in [5.74, 6) is 0.252. The van der Waals surface area contributed by atoms with Crippen molar-refractivity contribution >= 4 is 50.7 Å². The number of rotatable bonds is 8. The van der Waals surface area contributed by atoms with Gasteiger partial charge in [0, 0.05) is 16.1 Å². The van der Waals surface area contributed by atoms with Crippen molar-refractivity contribution in [2.24, 2.45) is 15.2 Å². The van der Waals surface area contributed by atoms with Crippen LogP contribution in [0.3, 0.4) is 0 Å². The van der Waals surface area contributed by atoms with Crippen LogP contribution in [0.1, 0.15) is 31.0 Å². The number of nitrogens with zero attached hydrogens (tertiary/aromatic N) is 4. The van der Waals surface area contributed by atoms with E-state index >= 15 is 0 Å². The lowest BCUT2D eigenvalue weighted by molar-refractivity contribution is -0.139. The minimum atomic E-state index is -0.874. The molecule has 0 fully saturated rings. The lowest BCUT2D eigenvalue weighted by atomic mass is 9.95. The fraction of sp³-hybridized carbons (Fsp3) is 0.194. The smallest absolute Gasteiger partial charge is 0.338 e. The van der Waals surface area contributed by atoms with Gasteiger partial charge in [0.25, 0.3) is 5.56 Å². The standard InChI is InChI=1S/C31H27BrN4O6S/c1-5-42-30(39)27-17(2)33-31-36(28(27)21-15-24(40-3)25(41-4)16-22(21)32)29(38)26(43-31)13-18-11-12-20(14-23(18)37)35-34-19-9-7-6-8-10-19/h6-16,28,37H,5H2,1-4H3/b26-13-,35-34?/t28-/m1/s1. The quantitative estimate of drug-likeness (QED) is 0.191. The number of hydrogen-bond acceptors (Lipinski definition) is 10. The van der Waals surface area contributed by atoms with Crippen LogP contribution < -0.4 is 24.4 Å². The zero-order valence-electron chi connectivity index (χ0n) is 23.7. The summed E-state index contributed by atoms with van der Waals surface area (Å²) in [6.07, 6.45) is 1.58. The van der Waals surface area contributed by atoms with Crippen molar-refractivity contribution < 1.29 is 24.1 Å². The topological polar surface area (TPSA) is 124 Å². The molecular weight excluding hydrogens is 636 g/mol. The van der Waals surface area contributed by atoms with Gasteiger partial charge < -0.3 is 19.3 Å². The molecule has 0 bridgehead atoms. The number of aromatic nitrogens is 1. The summed E-state index contributed by atoms with van der Waals surface area (Å²) in [7, 11) is 3.03. The fourth-order valence-electron chi connectivity index (χ4n) is 4.63. The number of allylic oxidation sites excluding steroid dienone is 1.